The maximum Gasteiger partial charge on any atom is 0.118 e. The fraction of sp³-hybridized carbons (Fsp3) is 0.625. The van der Waals surface area contributed by atoms with E-state index in [-0.39, 0.29) is 11.5 Å². The van der Waals surface area contributed by atoms with Gasteiger partial charge in [-0.1, -0.05) is 27.7 Å². The molecule has 114 valence electrons. The summed E-state index contributed by atoms with van der Waals surface area (Å²) in [5.74, 6) is 1.43. The van der Waals surface area contributed by atoms with E-state index >= 15 is 0 Å². The fourth-order valence-corrected chi connectivity index (χ4v) is 3.46. The van der Waals surface area contributed by atoms with Gasteiger partial charge in [-0.15, -0.1) is 0 Å². The van der Waals surface area contributed by atoms with Gasteiger partial charge < -0.3 is 10.1 Å². The second-order valence-electron chi connectivity index (χ2n) is 6.06. The average molecular weight is 297 g/mol. The van der Waals surface area contributed by atoms with E-state index in [1.165, 1.54) is 0 Å². The highest BCUT2D eigenvalue weighted by Crippen LogP contribution is 2.22. The van der Waals surface area contributed by atoms with Gasteiger partial charge in [0.15, 0.2) is 0 Å². The van der Waals surface area contributed by atoms with Crippen molar-refractivity contribution >= 4 is 10.8 Å². The van der Waals surface area contributed by atoms with Crippen LogP contribution in [0.5, 0.6) is 5.75 Å². The van der Waals surface area contributed by atoms with Crippen molar-refractivity contribution in [3.63, 3.8) is 0 Å². The Kier molecular flexibility index (Phi) is 6.69. The van der Waals surface area contributed by atoms with Gasteiger partial charge in [0.1, 0.15) is 5.75 Å². The number of ether oxygens (including phenoxy) is 1. The number of benzene rings is 1. The standard InChI is InChI=1S/C16H27NO2S/c1-6-11-17-15(16(2,3)4)12-20(18)14-9-7-13(19-5)8-10-14/h7-10,15,17H,6,11-12H2,1-5H3. The predicted octanol–water partition coefficient (Wildman–Crippen LogP) is 3.22. The number of hydrogen-bond donors (Lipinski definition) is 1. The molecule has 2 atom stereocenters. The number of methoxy groups -OCH3 is 1. The van der Waals surface area contributed by atoms with Crippen LogP contribution in [0.3, 0.4) is 0 Å². The lowest BCUT2D eigenvalue weighted by Gasteiger charge is -2.31. The Balaban J connectivity index is 2.73. The molecule has 0 heterocycles. The Labute approximate surface area is 125 Å². The number of nitrogens with one attached hydrogen (secondary N) is 1. The molecule has 0 saturated heterocycles. The van der Waals surface area contributed by atoms with Crippen molar-refractivity contribution in [1.29, 1.82) is 0 Å². The van der Waals surface area contributed by atoms with Crippen LogP contribution in [-0.2, 0) is 10.8 Å². The molecule has 0 aliphatic carbocycles. The summed E-state index contributed by atoms with van der Waals surface area (Å²) in [4.78, 5) is 0.860. The van der Waals surface area contributed by atoms with Crippen LogP contribution in [0.4, 0.5) is 0 Å². The van der Waals surface area contributed by atoms with E-state index in [2.05, 4.69) is 33.0 Å². The molecule has 0 spiro atoms. The van der Waals surface area contributed by atoms with Crippen molar-refractivity contribution in [1.82, 2.24) is 5.32 Å². The summed E-state index contributed by atoms with van der Waals surface area (Å²) in [5, 5.41) is 3.51. The minimum Gasteiger partial charge on any atom is -0.497 e. The molecular weight excluding hydrogens is 270 g/mol. The second-order valence-corrected chi connectivity index (χ2v) is 7.56. The molecule has 0 bridgehead atoms. The van der Waals surface area contributed by atoms with E-state index in [4.69, 9.17) is 4.74 Å². The Morgan fingerprint density at radius 3 is 2.30 bits per heavy atom. The summed E-state index contributed by atoms with van der Waals surface area (Å²) < 4.78 is 17.6. The Morgan fingerprint density at radius 1 is 1.25 bits per heavy atom. The van der Waals surface area contributed by atoms with E-state index in [1.54, 1.807) is 7.11 Å². The molecule has 0 aliphatic rings. The van der Waals surface area contributed by atoms with Crippen LogP contribution in [0.25, 0.3) is 0 Å². The Hall–Kier alpha value is -0.870. The van der Waals surface area contributed by atoms with Crippen LogP contribution >= 0.6 is 0 Å². The summed E-state index contributed by atoms with van der Waals surface area (Å²) in [7, 11) is 0.643. The van der Waals surface area contributed by atoms with E-state index in [1.807, 2.05) is 24.3 Å². The van der Waals surface area contributed by atoms with Crippen LogP contribution in [0.1, 0.15) is 34.1 Å². The smallest absolute Gasteiger partial charge is 0.118 e. The molecule has 20 heavy (non-hydrogen) atoms. The van der Waals surface area contributed by atoms with Crippen molar-refractivity contribution in [2.75, 3.05) is 19.4 Å². The maximum absolute atomic E-state index is 12.5. The Bertz CT molecular complexity index is 423. The quantitative estimate of drug-likeness (QED) is 0.840. The molecule has 1 rings (SSSR count). The molecule has 0 fully saturated rings. The van der Waals surface area contributed by atoms with Crippen LogP contribution < -0.4 is 10.1 Å². The predicted molar refractivity (Wildman–Crippen MR) is 85.8 cm³/mol. The van der Waals surface area contributed by atoms with Gasteiger partial charge in [0.2, 0.25) is 0 Å². The van der Waals surface area contributed by atoms with E-state index in [9.17, 15) is 4.21 Å². The van der Waals surface area contributed by atoms with Crippen LogP contribution in [-0.4, -0.2) is 29.7 Å². The summed E-state index contributed by atoms with van der Waals surface area (Å²) in [6.07, 6.45) is 1.09. The summed E-state index contributed by atoms with van der Waals surface area (Å²) in [6.45, 7) is 9.66. The molecule has 0 saturated carbocycles. The van der Waals surface area contributed by atoms with E-state index in [0.29, 0.717) is 5.75 Å². The third kappa shape index (κ3) is 5.25. The minimum absolute atomic E-state index is 0.0945. The van der Waals surface area contributed by atoms with Gasteiger partial charge >= 0.3 is 0 Å². The first-order chi connectivity index (χ1) is 9.38. The molecule has 1 aromatic rings. The third-order valence-corrected chi connectivity index (χ3v) is 4.76. The summed E-state index contributed by atoms with van der Waals surface area (Å²) in [5.41, 5.74) is 0.0945. The second kappa shape index (κ2) is 7.79. The van der Waals surface area contributed by atoms with Gasteiger partial charge in [0.05, 0.1) is 17.9 Å². The summed E-state index contributed by atoms with van der Waals surface area (Å²) >= 11 is 0. The molecule has 3 nitrogen and oxygen atoms in total. The van der Waals surface area contributed by atoms with E-state index in [0.717, 1.165) is 23.6 Å². The van der Waals surface area contributed by atoms with Crippen molar-refractivity contribution in [2.24, 2.45) is 5.41 Å². The Morgan fingerprint density at radius 2 is 1.85 bits per heavy atom. The molecular formula is C16H27NO2S. The van der Waals surface area contributed by atoms with Crippen LogP contribution in [0.2, 0.25) is 0 Å². The lowest BCUT2D eigenvalue weighted by Crippen LogP contribution is -2.44. The van der Waals surface area contributed by atoms with Gasteiger partial charge in [-0.3, -0.25) is 4.21 Å². The van der Waals surface area contributed by atoms with Crippen molar-refractivity contribution in [2.45, 2.75) is 45.1 Å². The number of hydrogen-bond acceptors (Lipinski definition) is 3. The molecule has 4 heteroatoms. The maximum atomic E-state index is 12.5. The first-order valence-corrected chi connectivity index (χ1v) is 8.46. The van der Waals surface area contributed by atoms with Crippen LogP contribution in [0, 0.1) is 5.41 Å². The minimum atomic E-state index is -0.992. The molecule has 2 unspecified atom stereocenters. The lowest BCUT2D eigenvalue weighted by molar-refractivity contribution is 0.290. The normalized spacial score (nSPS) is 14.8. The highest BCUT2D eigenvalue weighted by atomic mass is 32.2. The topological polar surface area (TPSA) is 38.3 Å². The lowest BCUT2D eigenvalue weighted by atomic mass is 9.88. The molecule has 1 aromatic carbocycles. The van der Waals surface area contributed by atoms with Gasteiger partial charge in [0.25, 0.3) is 0 Å². The third-order valence-electron chi connectivity index (χ3n) is 3.33. The summed E-state index contributed by atoms with van der Waals surface area (Å²) in [6, 6.07) is 7.73. The highest BCUT2D eigenvalue weighted by molar-refractivity contribution is 7.85. The van der Waals surface area contributed by atoms with Crippen LogP contribution in [0.15, 0.2) is 29.2 Å². The van der Waals surface area contributed by atoms with Gasteiger partial charge in [0, 0.05) is 16.7 Å². The highest BCUT2D eigenvalue weighted by Gasteiger charge is 2.26. The molecule has 0 aliphatic heterocycles. The zero-order valence-electron chi connectivity index (χ0n) is 13.2. The fourth-order valence-electron chi connectivity index (χ4n) is 1.91. The van der Waals surface area contributed by atoms with E-state index < -0.39 is 10.8 Å². The average Bonchev–Trinajstić information content (AvgIpc) is 2.42. The monoisotopic (exact) mass is 297 g/mol. The number of rotatable bonds is 7. The van der Waals surface area contributed by atoms with Crippen molar-refractivity contribution in [3.05, 3.63) is 24.3 Å². The SMILES string of the molecule is CCCNC(CS(=O)c1ccc(OC)cc1)C(C)(C)C. The van der Waals surface area contributed by atoms with Crippen molar-refractivity contribution in [3.8, 4) is 5.75 Å². The zero-order chi connectivity index (χ0) is 15.2. The molecule has 0 radical (unpaired) electrons. The molecule has 0 amide bonds. The van der Waals surface area contributed by atoms with Gasteiger partial charge in [-0.2, -0.15) is 0 Å². The van der Waals surface area contributed by atoms with Crippen molar-refractivity contribution < 1.29 is 8.95 Å². The zero-order valence-corrected chi connectivity index (χ0v) is 14.0. The van der Waals surface area contributed by atoms with Gasteiger partial charge in [-0.25, -0.2) is 0 Å². The van der Waals surface area contributed by atoms with Gasteiger partial charge in [-0.05, 0) is 42.6 Å². The largest absolute Gasteiger partial charge is 0.497 e. The molecule has 1 N–H and O–H groups in total. The molecule has 0 aromatic heterocycles. The first-order valence-electron chi connectivity index (χ1n) is 7.14. The first kappa shape index (κ1) is 17.2.